The second kappa shape index (κ2) is 6.95. The molecule has 0 bridgehead atoms. The summed E-state index contributed by atoms with van der Waals surface area (Å²) in [6, 6.07) is 8.63. The molecule has 2 aromatic rings. The number of aliphatic imine (C=N–C) groups is 1. The number of hydrazone groups is 1. The number of carbonyl (C=O) groups is 1. The second-order valence-corrected chi connectivity index (χ2v) is 6.89. The Kier molecular flexibility index (Phi) is 4.53. The van der Waals surface area contributed by atoms with Crippen LogP contribution in [0.1, 0.15) is 5.76 Å². The highest BCUT2D eigenvalue weighted by atomic mass is 32.2. The number of carbonyl (C=O) groups excluding carboxylic acids is 1. The Labute approximate surface area is 169 Å². The Bertz CT molecular complexity index is 1200. The van der Waals surface area contributed by atoms with E-state index in [9.17, 15) is 28.1 Å². The van der Waals surface area contributed by atoms with Gasteiger partial charge in [0.15, 0.2) is 5.84 Å². The monoisotopic (exact) mass is 435 g/mol. The van der Waals surface area contributed by atoms with E-state index in [0.29, 0.717) is 10.6 Å². The number of nitro benzene ring substituents is 1. The molecule has 0 spiro atoms. The van der Waals surface area contributed by atoms with Gasteiger partial charge >= 0.3 is 6.18 Å². The molecule has 30 heavy (non-hydrogen) atoms. The van der Waals surface area contributed by atoms with Gasteiger partial charge in [0, 0.05) is 17.7 Å². The van der Waals surface area contributed by atoms with Crippen molar-refractivity contribution in [1.29, 1.82) is 5.41 Å². The first-order valence-electron chi connectivity index (χ1n) is 8.05. The molecule has 13 heteroatoms. The maximum Gasteiger partial charge on any atom is 0.441 e. The number of nitro groups is 1. The number of fused-ring (bicyclic) bond motifs is 1. The van der Waals surface area contributed by atoms with E-state index in [2.05, 4.69) is 10.1 Å². The summed E-state index contributed by atoms with van der Waals surface area (Å²) in [6.45, 7) is 0. The summed E-state index contributed by atoms with van der Waals surface area (Å²) in [5.74, 6) is -1.12. The molecule has 0 aliphatic carbocycles. The number of thioether (sulfide) groups is 1. The van der Waals surface area contributed by atoms with Crippen LogP contribution >= 0.6 is 11.8 Å². The number of amidine groups is 2. The molecule has 4 rings (SSSR count). The number of hydrogen-bond donors (Lipinski definition) is 1. The number of amides is 1. The van der Waals surface area contributed by atoms with E-state index in [1.54, 1.807) is 6.07 Å². The largest absolute Gasteiger partial charge is 0.457 e. The van der Waals surface area contributed by atoms with Gasteiger partial charge < -0.3 is 4.42 Å². The summed E-state index contributed by atoms with van der Waals surface area (Å²) >= 11 is 0.156. The summed E-state index contributed by atoms with van der Waals surface area (Å²) < 4.78 is 44.1. The van der Waals surface area contributed by atoms with Gasteiger partial charge in [-0.2, -0.15) is 28.3 Å². The minimum atomic E-state index is -4.73. The highest BCUT2D eigenvalue weighted by Crippen LogP contribution is 2.35. The van der Waals surface area contributed by atoms with E-state index in [1.807, 2.05) is 0 Å². The zero-order chi connectivity index (χ0) is 21.6. The van der Waals surface area contributed by atoms with Gasteiger partial charge in [0.05, 0.1) is 10.5 Å². The number of furan rings is 1. The van der Waals surface area contributed by atoms with Crippen molar-refractivity contribution in [3.8, 4) is 11.3 Å². The molecule has 152 valence electrons. The van der Waals surface area contributed by atoms with Crippen molar-refractivity contribution in [2.24, 2.45) is 10.1 Å². The maximum absolute atomic E-state index is 12.9. The second-order valence-electron chi connectivity index (χ2n) is 5.93. The van der Waals surface area contributed by atoms with E-state index in [0.717, 1.165) is 6.08 Å². The number of rotatable bonds is 3. The Hall–Kier alpha value is -3.74. The first kappa shape index (κ1) is 19.6. The molecule has 1 N–H and O–H groups in total. The number of alkyl halides is 3. The topological polar surface area (TPSA) is 125 Å². The van der Waals surface area contributed by atoms with Gasteiger partial charge in [-0.3, -0.25) is 20.3 Å². The molecular formula is C17H8F3N5O4S. The summed E-state index contributed by atoms with van der Waals surface area (Å²) in [7, 11) is 0. The van der Waals surface area contributed by atoms with Crippen molar-refractivity contribution in [3.05, 3.63) is 57.8 Å². The molecule has 9 nitrogen and oxygen atoms in total. The summed E-state index contributed by atoms with van der Waals surface area (Å²) in [5, 5.41) is 21.3. The number of hydrogen-bond acceptors (Lipinski definition) is 7. The minimum absolute atomic E-state index is 0.107. The number of non-ortho nitro benzene ring substituents is 1. The third-order valence-corrected chi connectivity index (χ3v) is 4.91. The van der Waals surface area contributed by atoms with Crippen LogP contribution in [-0.2, 0) is 4.79 Å². The fourth-order valence-electron chi connectivity index (χ4n) is 2.61. The first-order valence-corrected chi connectivity index (χ1v) is 8.87. The molecule has 0 saturated carbocycles. The summed E-state index contributed by atoms with van der Waals surface area (Å²) in [5.41, 5.74) is -0.0409. The molecule has 3 heterocycles. The lowest BCUT2D eigenvalue weighted by Crippen LogP contribution is -2.35. The quantitative estimate of drug-likeness (QED) is 0.441. The van der Waals surface area contributed by atoms with Crippen LogP contribution in [-0.4, -0.2) is 38.1 Å². The smallest absolute Gasteiger partial charge is 0.441 e. The first-order chi connectivity index (χ1) is 14.1. The molecule has 0 saturated heterocycles. The number of nitrogens with zero attached hydrogens (tertiary/aromatic N) is 4. The molecule has 1 aromatic carbocycles. The predicted octanol–water partition coefficient (Wildman–Crippen LogP) is 4.04. The molecule has 0 unspecified atom stereocenters. The van der Waals surface area contributed by atoms with Crippen LogP contribution in [0.15, 0.2) is 56.5 Å². The third-order valence-electron chi connectivity index (χ3n) is 3.95. The van der Waals surface area contributed by atoms with E-state index in [-0.39, 0.29) is 39.7 Å². The highest BCUT2D eigenvalue weighted by molar-refractivity contribution is 8.27. The summed E-state index contributed by atoms with van der Waals surface area (Å²) in [6.07, 6.45) is -3.58. The Morgan fingerprint density at radius 3 is 2.73 bits per heavy atom. The lowest BCUT2D eigenvalue weighted by molar-refractivity contribution is -0.384. The van der Waals surface area contributed by atoms with E-state index in [1.165, 1.54) is 30.3 Å². The Morgan fingerprint density at radius 1 is 1.27 bits per heavy atom. The zero-order valence-corrected chi connectivity index (χ0v) is 15.3. The van der Waals surface area contributed by atoms with Crippen LogP contribution in [0.4, 0.5) is 18.9 Å². The minimum Gasteiger partial charge on any atom is -0.457 e. The third kappa shape index (κ3) is 3.50. The van der Waals surface area contributed by atoms with E-state index in [4.69, 9.17) is 9.83 Å². The number of halogens is 3. The van der Waals surface area contributed by atoms with Crippen LogP contribution in [0.2, 0.25) is 0 Å². The van der Waals surface area contributed by atoms with Crippen LogP contribution in [0.5, 0.6) is 0 Å². The molecule has 2 aliphatic heterocycles. The van der Waals surface area contributed by atoms with Gasteiger partial charge in [-0.1, -0.05) is 12.1 Å². The van der Waals surface area contributed by atoms with Crippen molar-refractivity contribution in [2.45, 2.75) is 6.18 Å². The van der Waals surface area contributed by atoms with E-state index >= 15 is 0 Å². The fraction of sp³-hybridized carbons (Fsp3) is 0.0588. The number of nitrogens with one attached hydrogen (secondary N) is 1. The Balaban J connectivity index is 1.64. The molecule has 2 aliphatic rings. The highest BCUT2D eigenvalue weighted by Gasteiger charge is 2.46. The lowest BCUT2D eigenvalue weighted by Gasteiger charge is -2.19. The van der Waals surface area contributed by atoms with Crippen molar-refractivity contribution in [2.75, 3.05) is 0 Å². The van der Waals surface area contributed by atoms with Crippen LogP contribution in [0, 0.1) is 15.5 Å². The molecule has 1 aromatic heterocycles. The van der Waals surface area contributed by atoms with Gasteiger partial charge in [-0.15, -0.1) is 0 Å². The molecule has 0 atom stereocenters. The average molecular weight is 435 g/mol. The van der Waals surface area contributed by atoms with Crippen molar-refractivity contribution < 1.29 is 27.3 Å². The Morgan fingerprint density at radius 2 is 2.03 bits per heavy atom. The van der Waals surface area contributed by atoms with Crippen LogP contribution in [0.25, 0.3) is 17.4 Å². The van der Waals surface area contributed by atoms with Gasteiger partial charge in [0.2, 0.25) is 10.2 Å². The molecular weight excluding hydrogens is 427 g/mol. The van der Waals surface area contributed by atoms with Crippen molar-refractivity contribution in [3.63, 3.8) is 0 Å². The SMILES string of the molecule is N=C1C(=Cc2ccc(-c3cccc([N+](=O)[O-])c3)o2)C(=O)N=C2SC(C(F)(F)F)=NN12. The standard InChI is InChI=1S/C17H8F3N5O4S/c18-17(19,20)15-23-24-13(21)11(14(26)22-16(24)30-15)7-10-4-5-12(29-10)8-2-1-3-9(6-8)25(27)28/h1-7,21H. The van der Waals surface area contributed by atoms with Crippen molar-refractivity contribution >= 4 is 45.5 Å². The molecule has 0 radical (unpaired) electrons. The lowest BCUT2D eigenvalue weighted by atomic mass is 10.1. The zero-order valence-electron chi connectivity index (χ0n) is 14.5. The fourth-order valence-corrected chi connectivity index (χ4v) is 3.37. The molecule has 0 fully saturated rings. The number of benzene rings is 1. The molecule has 1 amide bonds. The normalized spacial score (nSPS) is 17.8. The van der Waals surface area contributed by atoms with Crippen LogP contribution < -0.4 is 0 Å². The predicted molar refractivity (Wildman–Crippen MR) is 102 cm³/mol. The van der Waals surface area contributed by atoms with Gasteiger partial charge in [0.25, 0.3) is 11.6 Å². The van der Waals surface area contributed by atoms with Gasteiger partial charge in [-0.25, -0.2) is 0 Å². The summed E-state index contributed by atoms with van der Waals surface area (Å²) in [4.78, 5) is 26.1. The van der Waals surface area contributed by atoms with Gasteiger partial charge in [-0.05, 0) is 30.0 Å². The van der Waals surface area contributed by atoms with Gasteiger partial charge in [0.1, 0.15) is 11.5 Å². The van der Waals surface area contributed by atoms with Crippen LogP contribution in [0.3, 0.4) is 0 Å². The maximum atomic E-state index is 12.9. The van der Waals surface area contributed by atoms with Crippen molar-refractivity contribution in [1.82, 2.24) is 5.01 Å². The average Bonchev–Trinajstić information content (AvgIpc) is 3.32. The van der Waals surface area contributed by atoms with E-state index < -0.39 is 27.9 Å².